The SMILES string of the molecule is C[C@@H](NCc1ccccc1F)c1cccs1. The Morgan fingerprint density at radius 3 is 2.75 bits per heavy atom. The van der Waals surface area contributed by atoms with Gasteiger partial charge in [0.15, 0.2) is 0 Å². The van der Waals surface area contributed by atoms with Crippen LogP contribution in [0.5, 0.6) is 0 Å². The molecule has 2 rings (SSSR count). The Morgan fingerprint density at radius 1 is 1.25 bits per heavy atom. The maximum atomic E-state index is 13.3. The molecule has 0 bridgehead atoms. The van der Waals surface area contributed by atoms with Crippen molar-refractivity contribution < 1.29 is 4.39 Å². The lowest BCUT2D eigenvalue weighted by Crippen LogP contribution is -2.17. The van der Waals surface area contributed by atoms with Crippen molar-refractivity contribution in [2.75, 3.05) is 0 Å². The summed E-state index contributed by atoms with van der Waals surface area (Å²) < 4.78 is 13.3. The van der Waals surface area contributed by atoms with E-state index in [0.717, 1.165) is 0 Å². The molecule has 0 unspecified atom stereocenters. The molecule has 0 spiro atoms. The lowest BCUT2D eigenvalue weighted by atomic mass is 10.2. The molecule has 1 atom stereocenters. The van der Waals surface area contributed by atoms with Gasteiger partial charge in [0.1, 0.15) is 5.82 Å². The van der Waals surface area contributed by atoms with Gasteiger partial charge in [-0.15, -0.1) is 11.3 Å². The fourth-order valence-electron chi connectivity index (χ4n) is 1.54. The van der Waals surface area contributed by atoms with Gasteiger partial charge in [0.05, 0.1) is 0 Å². The molecule has 0 aliphatic heterocycles. The van der Waals surface area contributed by atoms with Gasteiger partial charge in [-0.05, 0) is 24.4 Å². The first-order valence-corrected chi connectivity index (χ1v) is 6.15. The maximum Gasteiger partial charge on any atom is 0.127 e. The second-order valence-corrected chi connectivity index (χ2v) is 4.69. The van der Waals surface area contributed by atoms with Gasteiger partial charge in [-0.1, -0.05) is 24.3 Å². The van der Waals surface area contributed by atoms with Crippen LogP contribution in [0.2, 0.25) is 0 Å². The van der Waals surface area contributed by atoms with Crippen molar-refractivity contribution in [3.63, 3.8) is 0 Å². The molecule has 0 fully saturated rings. The molecular weight excluding hydrogens is 221 g/mol. The first-order chi connectivity index (χ1) is 7.77. The van der Waals surface area contributed by atoms with Crippen molar-refractivity contribution in [2.24, 2.45) is 0 Å². The summed E-state index contributed by atoms with van der Waals surface area (Å²) in [6.45, 7) is 2.65. The molecule has 0 amide bonds. The number of nitrogens with one attached hydrogen (secondary N) is 1. The fourth-order valence-corrected chi connectivity index (χ4v) is 2.30. The van der Waals surface area contributed by atoms with Gasteiger partial charge in [-0.2, -0.15) is 0 Å². The molecule has 1 heterocycles. The average molecular weight is 235 g/mol. The minimum atomic E-state index is -0.145. The third-order valence-corrected chi connectivity index (χ3v) is 3.58. The van der Waals surface area contributed by atoms with Crippen molar-refractivity contribution in [1.82, 2.24) is 5.32 Å². The van der Waals surface area contributed by atoms with E-state index in [0.29, 0.717) is 12.1 Å². The number of hydrogen-bond acceptors (Lipinski definition) is 2. The summed E-state index contributed by atoms with van der Waals surface area (Å²) in [5, 5.41) is 5.36. The van der Waals surface area contributed by atoms with E-state index in [-0.39, 0.29) is 11.9 Å². The van der Waals surface area contributed by atoms with Gasteiger partial charge in [0.2, 0.25) is 0 Å². The van der Waals surface area contributed by atoms with E-state index in [9.17, 15) is 4.39 Å². The molecule has 16 heavy (non-hydrogen) atoms. The van der Waals surface area contributed by atoms with Gasteiger partial charge in [-0.25, -0.2) is 4.39 Å². The molecule has 0 aliphatic carbocycles. The summed E-state index contributed by atoms with van der Waals surface area (Å²) in [7, 11) is 0. The largest absolute Gasteiger partial charge is 0.305 e. The van der Waals surface area contributed by atoms with E-state index in [1.54, 1.807) is 17.4 Å². The normalized spacial score (nSPS) is 12.6. The molecule has 1 aromatic heterocycles. The first kappa shape index (κ1) is 11.3. The molecule has 1 nitrogen and oxygen atoms in total. The minimum absolute atomic E-state index is 0.145. The monoisotopic (exact) mass is 235 g/mol. The number of hydrogen-bond donors (Lipinski definition) is 1. The van der Waals surface area contributed by atoms with Gasteiger partial charge in [-0.3, -0.25) is 0 Å². The number of rotatable bonds is 4. The van der Waals surface area contributed by atoms with Crippen LogP contribution in [0.3, 0.4) is 0 Å². The van der Waals surface area contributed by atoms with Gasteiger partial charge in [0, 0.05) is 23.0 Å². The van der Waals surface area contributed by atoms with Crippen LogP contribution in [0.25, 0.3) is 0 Å². The topological polar surface area (TPSA) is 12.0 Å². The molecule has 0 saturated carbocycles. The van der Waals surface area contributed by atoms with Gasteiger partial charge >= 0.3 is 0 Å². The van der Waals surface area contributed by atoms with Crippen LogP contribution in [0, 0.1) is 5.82 Å². The van der Waals surface area contributed by atoms with Crippen LogP contribution in [0.4, 0.5) is 4.39 Å². The lowest BCUT2D eigenvalue weighted by molar-refractivity contribution is 0.549. The predicted molar refractivity (Wildman–Crippen MR) is 66.0 cm³/mol. The smallest absolute Gasteiger partial charge is 0.127 e. The van der Waals surface area contributed by atoms with Crippen molar-refractivity contribution in [3.05, 3.63) is 58.0 Å². The molecular formula is C13H14FNS. The fraction of sp³-hybridized carbons (Fsp3) is 0.231. The third-order valence-electron chi connectivity index (χ3n) is 2.53. The first-order valence-electron chi connectivity index (χ1n) is 5.27. The summed E-state index contributed by atoms with van der Waals surface area (Å²) in [6, 6.07) is 11.2. The Bertz CT molecular complexity index is 439. The highest BCUT2D eigenvalue weighted by molar-refractivity contribution is 7.10. The summed E-state index contributed by atoms with van der Waals surface area (Å²) in [6.07, 6.45) is 0. The van der Waals surface area contributed by atoms with E-state index >= 15 is 0 Å². The van der Waals surface area contributed by atoms with Crippen molar-refractivity contribution in [1.29, 1.82) is 0 Å². The molecule has 0 radical (unpaired) electrons. The molecule has 84 valence electrons. The molecule has 0 aliphatic rings. The van der Waals surface area contributed by atoms with Crippen LogP contribution < -0.4 is 5.32 Å². The summed E-state index contributed by atoms with van der Waals surface area (Å²) >= 11 is 1.71. The Labute approximate surface area is 98.9 Å². The Morgan fingerprint density at radius 2 is 2.06 bits per heavy atom. The second kappa shape index (κ2) is 5.23. The Kier molecular flexibility index (Phi) is 3.70. The molecule has 2 aromatic rings. The Balaban J connectivity index is 1.95. The zero-order valence-electron chi connectivity index (χ0n) is 9.11. The van der Waals surface area contributed by atoms with Crippen molar-refractivity contribution >= 4 is 11.3 Å². The summed E-state index contributed by atoms with van der Waals surface area (Å²) in [4.78, 5) is 1.27. The number of benzene rings is 1. The predicted octanol–water partition coefficient (Wildman–Crippen LogP) is 3.74. The van der Waals surface area contributed by atoms with Crippen LogP contribution in [0.1, 0.15) is 23.4 Å². The van der Waals surface area contributed by atoms with Crippen LogP contribution in [-0.2, 0) is 6.54 Å². The molecule has 0 saturated heterocycles. The van der Waals surface area contributed by atoms with Crippen LogP contribution in [-0.4, -0.2) is 0 Å². The number of halogens is 1. The van der Waals surface area contributed by atoms with Crippen molar-refractivity contribution in [2.45, 2.75) is 19.5 Å². The molecule has 1 aromatic carbocycles. The van der Waals surface area contributed by atoms with Crippen LogP contribution >= 0.6 is 11.3 Å². The zero-order chi connectivity index (χ0) is 11.4. The quantitative estimate of drug-likeness (QED) is 0.851. The van der Waals surface area contributed by atoms with Gasteiger partial charge < -0.3 is 5.32 Å². The maximum absolute atomic E-state index is 13.3. The van der Waals surface area contributed by atoms with Gasteiger partial charge in [0.25, 0.3) is 0 Å². The minimum Gasteiger partial charge on any atom is -0.305 e. The highest BCUT2D eigenvalue weighted by atomic mass is 32.1. The van der Waals surface area contributed by atoms with Crippen molar-refractivity contribution in [3.8, 4) is 0 Å². The van der Waals surface area contributed by atoms with E-state index in [1.165, 1.54) is 10.9 Å². The highest BCUT2D eigenvalue weighted by Crippen LogP contribution is 2.18. The zero-order valence-corrected chi connectivity index (χ0v) is 9.93. The lowest BCUT2D eigenvalue weighted by Gasteiger charge is -2.12. The molecule has 3 heteroatoms. The Hall–Kier alpha value is -1.19. The number of thiophene rings is 1. The second-order valence-electron chi connectivity index (χ2n) is 3.71. The highest BCUT2D eigenvalue weighted by Gasteiger charge is 2.06. The third kappa shape index (κ3) is 2.68. The van der Waals surface area contributed by atoms with E-state index < -0.39 is 0 Å². The van der Waals surface area contributed by atoms with E-state index in [4.69, 9.17) is 0 Å². The summed E-state index contributed by atoms with van der Waals surface area (Å²) in [5.74, 6) is -0.145. The molecule has 1 N–H and O–H groups in total. The average Bonchev–Trinajstić information content (AvgIpc) is 2.81. The standard InChI is InChI=1S/C13H14FNS/c1-10(13-7-4-8-16-13)15-9-11-5-2-3-6-12(11)14/h2-8,10,15H,9H2,1H3/t10-/m1/s1. The van der Waals surface area contributed by atoms with E-state index in [2.05, 4.69) is 23.7 Å². The summed E-state index contributed by atoms with van der Waals surface area (Å²) in [5.41, 5.74) is 0.714. The van der Waals surface area contributed by atoms with Crippen LogP contribution in [0.15, 0.2) is 41.8 Å². The van der Waals surface area contributed by atoms with E-state index in [1.807, 2.05) is 18.2 Å².